The van der Waals surface area contributed by atoms with Crippen LogP contribution in [-0.2, 0) is 26.3 Å². The van der Waals surface area contributed by atoms with E-state index in [4.69, 9.17) is 15.2 Å². The van der Waals surface area contributed by atoms with Crippen LogP contribution in [0.2, 0.25) is 0 Å². The van der Waals surface area contributed by atoms with Crippen LogP contribution in [0.15, 0.2) is 36.0 Å². The summed E-state index contributed by atoms with van der Waals surface area (Å²) >= 11 is 0. The van der Waals surface area contributed by atoms with Gasteiger partial charge in [0, 0.05) is 22.7 Å². The standard InChI is InChI=1S/C20H22N2O4/c1-11-9-20(25-17(11)23)13-6-5-7-14-16(13)12(8-15(20)21)10-22(14)18(24)26-19(2,3)4/h5-7,9-10,15H,8,21H2,1-4H3/t15-,20+/m1/s1. The molecule has 26 heavy (non-hydrogen) atoms. The van der Waals surface area contributed by atoms with Crippen LogP contribution in [0.1, 0.15) is 38.8 Å². The maximum absolute atomic E-state index is 12.6. The van der Waals surface area contributed by atoms with Crippen molar-refractivity contribution in [3.8, 4) is 0 Å². The van der Waals surface area contributed by atoms with Gasteiger partial charge < -0.3 is 15.2 Å². The largest absolute Gasteiger partial charge is 0.445 e. The zero-order chi connectivity index (χ0) is 18.9. The average Bonchev–Trinajstić information content (AvgIpc) is 3.04. The van der Waals surface area contributed by atoms with Gasteiger partial charge >= 0.3 is 12.1 Å². The molecule has 136 valence electrons. The van der Waals surface area contributed by atoms with Gasteiger partial charge in [0.25, 0.3) is 0 Å². The van der Waals surface area contributed by atoms with Gasteiger partial charge in [0.1, 0.15) is 5.60 Å². The molecule has 6 nitrogen and oxygen atoms in total. The van der Waals surface area contributed by atoms with E-state index < -0.39 is 23.3 Å². The minimum absolute atomic E-state index is 0.354. The Morgan fingerprint density at radius 2 is 2.12 bits per heavy atom. The number of fused-ring (bicyclic) bond motifs is 1. The van der Waals surface area contributed by atoms with Crippen LogP contribution in [0.25, 0.3) is 10.9 Å². The van der Waals surface area contributed by atoms with E-state index in [1.165, 1.54) is 4.57 Å². The molecule has 2 N–H and O–H groups in total. The lowest BCUT2D eigenvalue weighted by molar-refractivity contribution is -0.149. The fourth-order valence-electron chi connectivity index (χ4n) is 3.86. The molecule has 0 saturated heterocycles. The molecule has 1 aliphatic carbocycles. The number of rotatable bonds is 0. The number of esters is 1. The third-order valence-corrected chi connectivity index (χ3v) is 4.92. The number of nitrogens with two attached hydrogens (primary N) is 1. The van der Waals surface area contributed by atoms with Crippen LogP contribution in [0, 0.1) is 0 Å². The van der Waals surface area contributed by atoms with Crippen molar-refractivity contribution in [2.45, 2.75) is 51.4 Å². The maximum Gasteiger partial charge on any atom is 0.419 e. The van der Waals surface area contributed by atoms with Gasteiger partial charge in [-0.25, -0.2) is 9.59 Å². The first-order valence-corrected chi connectivity index (χ1v) is 8.67. The van der Waals surface area contributed by atoms with Gasteiger partial charge in [-0.2, -0.15) is 0 Å². The summed E-state index contributed by atoms with van der Waals surface area (Å²) in [6.45, 7) is 7.22. The lowest BCUT2D eigenvalue weighted by Gasteiger charge is -2.36. The Morgan fingerprint density at radius 1 is 1.38 bits per heavy atom. The highest BCUT2D eigenvalue weighted by Gasteiger charge is 2.49. The minimum Gasteiger partial charge on any atom is -0.445 e. The first-order valence-electron chi connectivity index (χ1n) is 8.67. The fraction of sp³-hybridized carbons (Fsp3) is 0.400. The highest BCUT2D eigenvalue weighted by atomic mass is 16.6. The number of ether oxygens (including phenoxy) is 2. The molecule has 1 aromatic carbocycles. The van der Waals surface area contributed by atoms with Crippen molar-refractivity contribution in [3.63, 3.8) is 0 Å². The van der Waals surface area contributed by atoms with Gasteiger partial charge in [-0.1, -0.05) is 12.1 Å². The van der Waals surface area contributed by atoms with E-state index in [2.05, 4.69) is 0 Å². The summed E-state index contributed by atoms with van der Waals surface area (Å²) in [6.07, 6.45) is 3.65. The van der Waals surface area contributed by atoms with Crippen molar-refractivity contribution in [1.29, 1.82) is 0 Å². The lowest BCUT2D eigenvalue weighted by Crippen LogP contribution is -2.48. The van der Waals surface area contributed by atoms with Crippen LogP contribution in [0.5, 0.6) is 0 Å². The average molecular weight is 354 g/mol. The molecule has 2 aliphatic rings. The Labute approximate surface area is 151 Å². The molecule has 2 aromatic rings. The van der Waals surface area contributed by atoms with Crippen LogP contribution in [0.4, 0.5) is 4.79 Å². The summed E-state index contributed by atoms with van der Waals surface area (Å²) in [7, 11) is 0. The molecule has 1 aromatic heterocycles. The van der Waals surface area contributed by atoms with Gasteiger partial charge in [0.05, 0.1) is 11.6 Å². The van der Waals surface area contributed by atoms with Crippen molar-refractivity contribution in [1.82, 2.24) is 4.57 Å². The molecular formula is C20H22N2O4. The van der Waals surface area contributed by atoms with Crippen molar-refractivity contribution < 1.29 is 19.1 Å². The predicted octanol–water partition coefficient (Wildman–Crippen LogP) is 3.01. The monoisotopic (exact) mass is 354 g/mol. The van der Waals surface area contributed by atoms with Crippen molar-refractivity contribution in [2.75, 3.05) is 0 Å². The van der Waals surface area contributed by atoms with E-state index in [-0.39, 0.29) is 5.97 Å². The van der Waals surface area contributed by atoms with Crippen molar-refractivity contribution in [3.05, 3.63) is 47.2 Å². The van der Waals surface area contributed by atoms with Crippen molar-refractivity contribution >= 4 is 23.0 Å². The number of carbonyl (C=O) groups excluding carboxylic acids is 2. The van der Waals surface area contributed by atoms with Crippen LogP contribution >= 0.6 is 0 Å². The smallest absolute Gasteiger partial charge is 0.419 e. The fourth-order valence-corrected chi connectivity index (χ4v) is 3.86. The molecule has 6 heteroatoms. The molecule has 0 bridgehead atoms. The van der Waals surface area contributed by atoms with Crippen LogP contribution in [-0.4, -0.2) is 28.3 Å². The zero-order valence-corrected chi connectivity index (χ0v) is 15.3. The molecule has 2 heterocycles. The first kappa shape index (κ1) is 16.8. The SMILES string of the molecule is CC1=C[C@]2(OC1=O)c1cccc3c1c(cn3C(=O)OC(C)(C)C)C[C@H]2N. The van der Waals surface area contributed by atoms with E-state index in [1.807, 2.05) is 45.0 Å². The number of nitrogens with zero attached hydrogens (tertiary/aromatic N) is 1. The third kappa shape index (κ3) is 2.29. The van der Waals surface area contributed by atoms with E-state index in [0.29, 0.717) is 12.0 Å². The van der Waals surface area contributed by atoms with E-state index >= 15 is 0 Å². The second kappa shape index (κ2) is 5.20. The highest BCUT2D eigenvalue weighted by molar-refractivity contribution is 5.98. The van der Waals surface area contributed by atoms with E-state index in [1.54, 1.807) is 13.1 Å². The second-order valence-electron chi connectivity index (χ2n) is 8.02. The summed E-state index contributed by atoms with van der Waals surface area (Å²) in [6, 6.07) is 5.20. The highest BCUT2D eigenvalue weighted by Crippen LogP contribution is 2.46. The number of benzene rings is 1. The Bertz CT molecular complexity index is 980. The Morgan fingerprint density at radius 3 is 2.73 bits per heavy atom. The summed E-state index contributed by atoms with van der Waals surface area (Å²) < 4.78 is 12.8. The van der Waals surface area contributed by atoms with E-state index in [0.717, 1.165) is 22.0 Å². The molecule has 0 fully saturated rings. The minimum atomic E-state index is -0.978. The zero-order valence-electron chi connectivity index (χ0n) is 15.3. The Hall–Kier alpha value is -2.60. The van der Waals surface area contributed by atoms with Gasteiger partial charge in [-0.15, -0.1) is 0 Å². The lowest BCUT2D eigenvalue weighted by atomic mass is 9.76. The third-order valence-electron chi connectivity index (χ3n) is 4.92. The Balaban J connectivity index is 1.92. The normalized spacial score (nSPS) is 24.7. The Kier molecular flexibility index (Phi) is 3.37. The quantitative estimate of drug-likeness (QED) is 0.735. The van der Waals surface area contributed by atoms with Crippen LogP contribution in [0.3, 0.4) is 0 Å². The molecule has 4 rings (SSSR count). The topological polar surface area (TPSA) is 83.5 Å². The first-order chi connectivity index (χ1) is 12.1. The molecule has 0 amide bonds. The number of aromatic nitrogens is 1. The van der Waals surface area contributed by atoms with Gasteiger partial charge in [-0.3, -0.25) is 4.57 Å². The molecule has 1 aliphatic heterocycles. The molecule has 2 atom stereocenters. The summed E-state index contributed by atoms with van der Waals surface area (Å²) in [5.41, 5.74) is 7.90. The summed E-state index contributed by atoms with van der Waals surface area (Å²) in [5, 5.41) is 0.902. The van der Waals surface area contributed by atoms with Crippen molar-refractivity contribution in [2.24, 2.45) is 5.73 Å². The van der Waals surface area contributed by atoms with Gasteiger partial charge in [-0.05, 0) is 51.8 Å². The molecule has 0 radical (unpaired) electrons. The molecule has 0 unspecified atom stereocenters. The van der Waals surface area contributed by atoms with Gasteiger partial charge in [0.15, 0.2) is 5.60 Å². The number of hydrogen-bond acceptors (Lipinski definition) is 5. The van der Waals surface area contributed by atoms with E-state index in [9.17, 15) is 9.59 Å². The molecular weight excluding hydrogens is 332 g/mol. The van der Waals surface area contributed by atoms with Crippen LogP contribution < -0.4 is 5.73 Å². The second-order valence-corrected chi connectivity index (χ2v) is 8.02. The maximum atomic E-state index is 12.6. The number of hydrogen-bond donors (Lipinski definition) is 1. The number of carbonyl (C=O) groups is 2. The molecule has 1 spiro atoms. The summed E-state index contributed by atoms with van der Waals surface area (Å²) in [4.78, 5) is 24.7. The predicted molar refractivity (Wildman–Crippen MR) is 96.8 cm³/mol. The van der Waals surface area contributed by atoms with Gasteiger partial charge in [0.2, 0.25) is 0 Å². The summed E-state index contributed by atoms with van der Waals surface area (Å²) in [5.74, 6) is -0.354. The molecule has 0 saturated carbocycles.